The van der Waals surface area contributed by atoms with E-state index in [4.69, 9.17) is 5.73 Å². The Morgan fingerprint density at radius 1 is 1.33 bits per heavy atom. The van der Waals surface area contributed by atoms with E-state index in [2.05, 4.69) is 4.72 Å². The third-order valence-electron chi connectivity index (χ3n) is 2.47. The number of hydrogen-bond acceptors (Lipinski definition) is 3. The van der Waals surface area contributed by atoms with Crippen molar-refractivity contribution in [3.63, 3.8) is 0 Å². The van der Waals surface area contributed by atoms with Gasteiger partial charge < -0.3 is 5.73 Å². The second-order valence-electron chi connectivity index (χ2n) is 5.36. The number of benzene rings is 1. The molecule has 0 aliphatic heterocycles. The van der Waals surface area contributed by atoms with Crippen LogP contribution in [-0.4, -0.2) is 15.0 Å². The zero-order valence-electron chi connectivity index (χ0n) is 10.8. The van der Waals surface area contributed by atoms with Crippen molar-refractivity contribution < 1.29 is 12.8 Å². The molecule has 0 aliphatic carbocycles. The predicted octanol–water partition coefficient (Wildman–Crippen LogP) is 2.12. The SMILES string of the molecule is CC(C)(C)CCNS(=O)(=O)c1cccc(F)c1N. The molecule has 0 radical (unpaired) electrons. The van der Waals surface area contributed by atoms with Gasteiger partial charge in [0.05, 0.1) is 5.69 Å². The standard InChI is InChI=1S/C12H19FN2O2S/c1-12(2,3)7-8-15-18(16,17)10-6-4-5-9(13)11(10)14/h4-6,15H,7-8,14H2,1-3H3. The molecule has 6 heteroatoms. The predicted molar refractivity (Wildman–Crippen MR) is 70.1 cm³/mol. The lowest BCUT2D eigenvalue weighted by Gasteiger charge is -2.18. The molecule has 0 unspecified atom stereocenters. The highest BCUT2D eigenvalue weighted by molar-refractivity contribution is 7.89. The molecule has 3 N–H and O–H groups in total. The number of nitrogen functional groups attached to an aromatic ring is 1. The van der Waals surface area contributed by atoms with Gasteiger partial charge in [0, 0.05) is 6.54 Å². The van der Waals surface area contributed by atoms with Crippen LogP contribution in [0, 0.1) is 11.2 Å². The Balaban J connectivity index is 2.84. The van der Waals surface area contributed by atoms with E-state index in [-0.39, 0.29) is 16.0 Å². The van der Waals surface area contributed by atoms with Crippen molar-refractivity contribution in [2.24, 2.45) is 5.41 Å². The van der Waals surface area contributed by atoms with Crippen molar-refractivity contribution in [1.82, 2.24) is 4.72 Å². The Bertz CT molecular complexity index is 521. The summed E-state index contributed by atoms with van der Waals surface area (Å²) in [5.41, 5.74) is 5.11. The number of hydrogen-bond donors (Lipinski definition) is 2. The van der Waals surface area contributed by atoms with E-state index in [1.54, 1.807) is 0 Å². The maximum atomic E-state index is 13.2. The molecular weight excluding hydrogens is 255 g/mol. The first-order valence-electron chi connectivity index (χ1n) is 5.67. The molecule has 0 amide bonds. The zero-order valence-corrected chi connectivity index (χ0v) is 11.6. The van der Waals surface area contributed by atoms with E-state index in [9.17, 15) is 12.8 Å². The minimum absolute atomic E-state index is 0.0238. The number of sulfonamides is 1. The van der Waals surface area contributed by atoms with Gasteiger partial charge in [-0.1, -0.05) is 26.8 Å². The maximum absolute atomic E-state index is 13.2. The van der Waals surface area contributed by atoms with Gasteiger partial charge >= 0.3 is 0 Å². The molecule has 1 aromatic rings. The van der Waals surface area contributed by atoms with E-state index in [0.717, 1.165) is 6.07 Å². The van der Waals surface area contributed by atoms with E-state index < -0.39 is 15.8 Å². The number of nitrogens with two attached hydrogens (primary N) is 1. The summed E-state index contributed by atoms with van der Waals surface area (Å²) in [5.74, 6) is -0.728. The number of nitrogens with one attached hydrogen (secondary N) is 1. The van der Waals surface area contributed by atoms with Crippen LogP contribution >= 0.6 is 0 Å². The van der Waals surface area contributed by atoms with Crippen LogP contribution in [0.2, 0.25) is 0 Å². The molecule has 0 aliphatic rings. The molecule has 1 aromatic carbocycles. The summed E-state index contributed by atoms with van der Waals surface area (Å²) in [4.78, 5) is -0.212. The first kappa shape index (κ1) is 14.9. The highest BCUT2D eigenvalue weighted by Gasteiger charge is 2.20. The molecule has 0 aromatic heterocycles. The molecule has 18 heavy (non-hydrogen) atoms. The van der Waals surface area contributed by atoms with Crippen LogP contribution in [0.4, 0.5) is 10.1 Å². The van der Waals surface area contributed by atoms with Crippen LogP contribution in [0.25, 0.3) is 0 Å². The summed E-state index contributed by atoms with van der Waals surface area (Å²) < 4.78 is 39.5. The lowest BCUT2D eigenvalue weighted by Crippen LogP contribution is -2.28. The fourth-order valence-corrected chi connectivity index (χ4v) is 2.56. The Labute approximate surface area is 107 Å². The van der Waals surface area contributed by atoms with Crippen LogP contribution in [0.5, 0.6) is 0 Å². The van der Waals surface area contributed by atoms with Crippen molar-refractivity contribution in [3.05, 3.63) is 24.0 Å². The lowest BCUT2D eigenvalue weighted by molar-refractivity contribution is 0.378. The number of halogens is 1. The Kier molecular flexibility index (Phi) is 4.34. The van der Waals surface area contributed by atoms with Crippen molar-refractivity contribution in [2.45, 2.75) is 32.1 Å². The van der Waals surface area contributed by atoms with Crippen LogP contribution < -0.4 is 10.5 Å². The minimum Gasteiger partial charge on any atom is -0.395 e. The Morgan fingerprint density at radius 3 is 2.50 bits per heavy atom. The molecule has 0 heterocycles. The molecule has 0 saturated heterocycles. The fraction of sp³-hybridized carbons (Fsp3) is 0.500. The first-order chi connectivity index (χ1) is 8.13. The Hall–Kier alpha value is -1.14. The third-order valence-corrected chi connectivity index (χ3v) is 3.99. The van der Waals surface area contributed by atoms with Gasteiger partial charge in [0.2, 0.25) is 10.0 Å². The summed E-state index contributed by atoms with van der Waals surface area (Å²) in [7, 11) is -3.75. The quantitative estimate of drug-likeness (QED) is 0.826. The summed E-state index contributed by atoms with van der Waals surface area (Å²) in [6, 6.07) is 3.74. The molecule has 1 rings (SSSR count). The van der Waals surface area contributed by atoms with Crippen molar-refractivity contribution in [2.75, 3.05) is 12.3 Å². The monoisotopic (exact) mass is 274 g/mol. The second-order valence-corrected chi connectivity index (χ2v) is 7.10. The molecule has 0 fully saturated rings. The maximum Gasteiger partial charge on any atom is 0.242 e. The summed E-state index contributed by atoms with van der Waals surface area (Å²) in [5, 5.41) is 0. The second kappa shape index (κ2) is 5.24. The highest BCUT2D eigenvalue weighted by Crippen LogP contribution is 2.22. The van der Waals surface area contributed by atoms with Crippen LogP contribution in [0.3, 0.4) is 0 Å². The highest BCUT2D eigenvalue weighted by atomic mass is 32.2. The van der Waals surface area contributed by atoms with Gasteiger partial charge in [0.1, 0.15) is 10.7 Å². The molecular formula is C12H19FN2O2S. The van der Waals surface area contributed by atoms with Crippen LogP contribution in [-0.2, 0) is 10.0 Å². The number of rotatable bonds is 4. The van der Waals surface area contributed by atoms with Gasteiger partial charge in [-0.05, 0) is 24.0 Å². The van der Waals surface area contributed by atoms with Gasteiger partial charge in [-0.25, -0.2) is 17.5 Å². The molecule has 0 spiro atoms. The number of anilines is 1. The van der Waals surface area contributed by atoms with E-state index in [1.165, 1.54) is 12.1 Å². The summed E-state index contributed by atoms with van der Waals surface area (Å²) >= 11 is 0. The molecule has 0 bridgehead atoms. The van der Waals surface area contributed by atoms with E-state index in [1.807, 2.05) is 20.8 Å². The normalized spacial score (nSPS) is 12.7. The lowest BCUT2D eigenvalue weighted by atomic mass is 9.93. The fourth-order valence-electron chi connectivity index (χ4n) is 1.39. The average molecular weight is 274 g/mol. The van der Waals surface area contributed by atoms with Gasteiger partial charge in [-0.3, -0.25) is 0 Å². The largest absolute Gasteiger partial charge is 0.395 e. The van der Waals surface area contributed by atoms with Crippen molar-refractivity contribution in [1.29, 1.82) is 0 Å². The van der Waals surface area contributed by atoms with E-state index >= 15 is 0 Å². The van der Waals surface area contributed by atoms with Crippen LogP contribution in [0.1, 0.15) is 27.2 Å². The zero-order chi connectivity index (χ0) is 14.0. The molecule has 102 valence electrons. The van der Waals surface area contributed by atoms with Gasteiger partial charge in [-0.2, -0.15) is 0 Å². The number of para-hydroxylation sites is 1. The minimum atomic E-state index is -3.75. The topological polar surface area (TPSA) is 72.2 Å². The summed E-state index contributed by atoms with van der Waals surface area (Å²) in [6.07, 6.45) is 0.682. The Morgan fingerprint density at radius 2 is 1.94 bits per heavy atom. The molecule has 0 atom stereocenters. The van der Waals surface area contributed by atoms with Gasteiger partial charge in [0.25, 0.3) is 0 Å². The van der Waals surface area contributed by atoms with Crippen LogP contribution in [0.15, 0.2) is 23.1 Å². The smallest absolute Gasteiger partial charge is 0.242 e. The third kappa shape index (κ3) is 3.96. The first-order valence-corrected chi connectivity index (χ1v) is 7.15. The van der Waals surface area contributed by atoms with Crippen molar-refractivity contribution in [3.8, 4) is 0 Å². The van der Waals surface area contributed by atoms with Gasteiger partial charge in [0.15, 0.2) is 0 Å². The molecule has 0 saturated carbocycles. The van der Waals surface area contributed by atoms with Gasteiger partial charge in [-0.15, -0.1) is 0 Å². The van der Waals surface area contributed by atoms with E-state index in [0.29, 0.717) is 13.0 Å². The summed E-state index contributed by atoms with van der Waals surface area (Å²) in [6.45, 7) is 6.33. The van der Waals surface area contributed by atoms with Crippen molar-refractivity contribution >= 4 is 15.7 Å². The molecule has 4 nitrogen and oxygen atoms in total. The average Bonchev–Trinajstić information content (AvgIpc) is 2.19.